The number of hydrogen-bond acceptors (Lipinski definition) is 3. The summed E-state index contributed by atoms with van der Waals surface area (Å²) in [5, 5.41) is 4.62. The van der Waals surface area contributed by atoms with Gasteiger partial charge in [-0.25, -0.2) is 0 Å². The largest absolute Gasteiger partial charge is 0.491 e. The molecule has 0 radical (unpaired) electrons. The zero-order valence-electron chi connectivity index (χ0n) is 18.2. The minimum atomic E-state index is -0.379. The van der Waals surface area contributed by atoms with Crippen molar-refractivity contribution in [3.05, 3.63) is 63.6 Å². The molecule has 166 valence electrons. The zero-order valence-corrected chi connectivity index (χ0v) is 19.7. The molecule has 1 saturated heterocycles. The van der Waals surface area contributed by atoms with Crippen LogP contribution in [0.4, 0.5) is 0 Å². The zero-order chi connectivity index (χ0) is 22.2. The fourth-order valence-corrected chi connectivity index (χ4v) is 6.09. The number of halogens is 2. The molecule has 4 rings (SSSR count). The summed E-state index contributed by atoms with van der Waals surface area (Å²) >= 11 is 13.0. The van der Waals surface area contributed by atoms with Crippen LogP contribution in [-0.4, -0.2) is 32.3 Å². The Labute approximate surface area is 194 Å². The second kappa shape index (κ2) is 9.01. The average Bonchev–Trinajstić information content (AvgIpc) is 2.97. The molecule has 31 heavy (non-hydrogen) atoms. The predicted octanol–water partition coefficient (Wildman–Crippen LogP) is 5.82. The van der Waals surface area contributed by atoms with Crippen LogP contribution in [0.3, 0.4) is 0 Å². The Morgan fingerprint density at radius 2 is 1.87 bits per heavy atom. The first kappa shape index (κ1) is 22.4. The molecule has 4 nitrogen and oxygen atoms in total. The maximum atomic E-state index is 12.9. The van der Waals surface area contributed by atoms with E-state index in [-0.39, 0.29) is 35.1 Å². The number of methoxy groups -OCH3 is 1. The molecule has 0 aromatic heterocycles. The highest BCUT2D eigenvalue weighted by molar-refractivity contribution is 6.31. The van der Waals surface area contributed by atoms with Crippen molar-refractivity contribution >= 4 is 29.1 Å². The second-order valence-electron chi connectivity index (χ2n) is 8.95. The van der Waals surface area contributed by atoms with Crippen LogP contribution in [0.2, 0.25) is 10.0 Å². The highest BCUT2D eigenvalue weighted by Gasteiger charge is 2.57. The highest BCUT2D eigenvalue weighted by atomic mass is 35.5. The number of benzene rings is 2. The molecule has 2 aromatic rings. The fraction of sp³-hybridized carbons (Fsp3) is 0.480. The summed E-state index contributed by atoms with van der Waals surface area (Å²) < 4.78 is 10.8. The second-order valence-corrected chi connectivity index (χ2v) is 9.80. The van der Waals surface area contributed by atoms with Crippen LogP contribution in [0.1, 0.15) is 49.7 Å². The van der Waals surface area contributed by atoms with Crippen molar-refractivity contribution in [1.82, 2.24) is 5.32 Å². The SMILES string of the molecule is COCCOc1ccc(C2CCC3(C)C(=O)NC(C)C3C2c2ccc(Cl)cc2)c(Cl)c1. The summed E-state index contributed by atoms with van der Waals surface area (Å²) in [5.74, 6) is 1.43. The lowest BCUT2D eigenvalue weighted by Crippen LogP contribution is -2.42. The third kappa shape index (κ3) is 4.18. The summed E-state index contributed by atoms with van der Waals surface area (Å²) in [6.45, 7) is 5.24. The number of rotatable bonds is 6. The Balaban J connectivity index is 1.72. The van der Waals surface area contributed by atoms with E-state index in [2.05, 4.69) is 37.4 Å². The predicted molar refractivity (Wildman–Crippen MR) is 124 cm³/mol. The van der Waals surface area contributed by atoms with Gasteiger partial charge >= 0.3 is 0 Å². The molecular weight excluding hydrogens is 433 g/mol. The molecule has 5 atom stereocenters. The van der Waals surface area contributed by atoms with Crippen LogP contribution >= 0.6 is 23.2 Å². The lowest BCUT2D eigenvalue weighted by atomic mass is 9.56. The smallest absolute Gasteiger partial charge is 0.226 e. The topological polar surface area (TPSA) is 47.6 Å². The molecule has 1 heterocycles. The van der Waals surface area contributed by atoms with Gasteiger partial charge in [-0.05, 0) is 67.0 Å². The van der Waals surface area contributed by atoms with Gasteiger partial charge in [-0.1, -0.05) is 48.3 Å². The molecule has 1 aliphatic carbocycles. The van der Waals surface area contributed by atoms with Crippen molar-refractivity contribution in [2.24, 2.45) is 11.3 Å². The number of carbonyl (C=O) groups excluding carboxylic acids is 1. The van der Waals surface area contributed by atoms with Crippen molar-refractivity contribution in [1.29, 1.82) is 0 Å². The molecule has 1 aliphatic heterocycles. The summed E-state index contributed by atoms with van der Waals surface area (Å²) in [6.07, 6.45) is 1.73. The van der Waals surface area contributed by atoms with Crippen molar-refractivity contribution < 1.29 is 14.3 Å². The van der Waals surface area contributed by atoms with E-state index in [1.807, 2.05) is 24.3 Å². The van der Waals surface area contributed by atoms with E-state index in [1.165, 1.54) is 5.56 Å². The molecular formula is C25H29Cl2NO3. The summed E-state index contributed by atoms with van der Waals surface area (Å²) in [4.78, 5) is 12.9. The first-order chi connectivity index (χ1) is 14.8. The first-order valence-electron chi connectivity index (χ1n) is 10.8. The van der Waals surface area contributed by atoms with Gasteiger partial charge in [0, 0.05) is 29.1 Å². The number of carbonyl (C=O) groups is 1. The van der Waals surface area contributed by atoms with E-state index in [9.17, 15) is 4.79 Å². The van der Waals surface area contributed by atoms with E-state index in [0.29, 0.717) is 23.3 Å². The van der Waals surface area contributed by atoms with Crippen molar-refractivity contribution in [2.75, 3.05) is 20.3 Å². The van der Waals surface area contributed by atoms with E-state index in [4.69, 9.17) is 32.7 Å². The monoisotopic (exact) mass is 461 g/mol. The van der Waals surface area contributed by atoms with Crippen LogP contribution in [0.25, 0.3) is 0 Å². The molecule has 0 spiro atoms. The van der Waals surface area contributed by atoms with Gasteiger partial charge < -0.3 is 14.8 Å². The van der Waals surface area contributed by atoms with Gasteiger partial charge in [0.05, 0.1) is 12.0 Å². The molecule has 1 amide bonds. The van der Waals surface area contributed by atoms with Crippen molar-refractivity contribution in [2.45, 2.75) is 44.6 Å². The Morgan fingerprint density at radius 3 is 2.55 bits per heavy atom. The Hall–Kier alpha value is -1.75. The lowest BCUT2D eigenvalue weighted by Gasteiger charge is -2.46. The summed E-state index contributed by atoms with van der Waals surface area (Å²) in [6, 6.07) is 14.1. The number of hydrogen-bond donors (Lipinski definition) is 1. The molecule has 2 aliphatic rings. The van der Waals surface area contributed by atoms with Crippen LogP contribution in [-0.2, 0) is 9.53 Å². The normalized spacial score (nSPS) is 30.0. The molecule has 2 fully saturated rings. The van der Waals surface area contributed by atoms with Crippen LogP contribution < -0.4 is 10.1 Å². The highest BCUT2D eigenvalue weighted by Crippen LogP contribution is 2.59. The maximum absolute atomic E-state index is 12.9. The lowest BCUT2D eigenvalue weighted by molar-refractivity contribution is -0.129. The quantitative estimate of drug-likeness (QED) is 0.551. The third-order valence-electron chi connectivity index (χ3n) is 7.13. The standard InChI is InChI=1S/C25H29Cl2NO3/c1-15-23-22(16-4-6-17(26)7-5-16)20(10-11-25(23,2)24(29)28-15)19-9-8-18(14-21(19)27)31-13-12-30-3/h4-9,14-15,20,22-23H,10-13H2,1-3H3,(H,28,29). The minimum absolute atomic E-state index is 0.0939. The minimum Gasteiger partial charge on any atom is -0.491 e. The Bertz CT molecular complexity index is 948. The first-order valence-corrected chi connectivity index (χ1v) is 11.6. The van der Waals surface area contributed by atoms with Crippen LogP contribution in [0.15, 0.2) is 42.5 Å². The molecule has 0 bridgehead atoms. The van der Waals surface area contributed by atoms with Gasteiger partial charge in [0.25, 0.3) is 0 Å². The molecule has 6 heteroatoms. The van der Waals surface area contributed by atoms with Crippen LogP contribution in [0.5, 0.6) is 5.75 Å². The average molecular weight is 462 g/mol. The summed E-state index contributed by atoms with van der Waals surface area (Å²) in [5.41, 5.74) is 1.93. The fourth-order valence-electron chi connectivity index (χ4n) is 5.65. The summed E-state index contributed by atoms with van der Waals surface area (Å²) in [7, 11) is 1.65. The molecule has 5 unspecified atom stereocenters. The van der Waals surface area contributed by atoms with Gasteiger partial charge in [-0.2, -0.15) is 0 Å². The molecule has 1 N–H and O–H groups in total. The van der Waals surface area contributed by atoms with E-state index in [0.717, 1.165) is 24.2 Å². The van der Waals surface area contributed by atoms with Crippen molar-refractivity contribution in [3.63, 3.8) is 0 Å². The van der Waals surface area contributed by atoms with E-state index in [1.54, 1.807) is 7.11 Å². The number of fused-ring (bicyclic) bond motifs is 1. The number of amides is 1. The number of nitrogens with one attached hydrogen (secondary N) is 1. The Morgan fingerprint density at radius 1 is 1.13 bits per heavy atom. The third-order valence-corrected chi connectivity index (χ3v) is 7.71. The van der Waals surface area contributed by atoms with Gasteiger partial charge in [0.1, 0.15) is 12.4 Å². The van der Waals surface area contributed by atoms with Crippen LogP contribution in [0, 0.1) is 11.3 Å². The Kier molecular flexibility index (Phi) is 6.52. The van der Waals surface area contributed by atoms with Gasteiger partial charge in [-0.3, -0.25) is 4.79 Å². The van der Waals surface area contributed by atoms with E-state index >= 15 is 0 Å². The van der Waals surface area contributed by atoms with Crippen molar-refractivity contribution in [3.8, 4) is 5.75 Å². The molecule has 2 aromatic carbocycles. The van der Waals surface area contributed by atoms with Gasteiger partial charge in [-0.15, -0.1) is 0 Å². The van der Waals surface area contributed by atoms with Gasteiger partial charge in [0.2, 0.25) is 5.91 Å². The van der Waals surface area contributed by atoms with Gasteiger partial charge in [0.15, 0.2) is 0 Å². The van der Waals surface area contributed by atoms with E-state index < -0.39 is 0 Å². The number of ether oxygens (including phenoxy) is 2. The molecule has 1 saturated carbocycles. The maximum Gasteiger partial charge on any atom is 0.226 e.